The van der Waals surface area contributed by atoms with Gasteiger partial charge in [-0.05, 0) is 25.5 Å². The van der Waals surface area contributed by atoms with E-state index >= 15 is 0 Å². The normalized spacial score (nSPS) is 9.73. The van der Waals surface area contributed by atoms with Crippen molar-refractivity contribution < 1.29 is 9.59 Å². The minimum atomic E-state index is -0.125. The highest BCUT2D eigenvalue weighted by Crippen LogP contribution is 2.05. The second-order valence-corrected chi connectivity index (χ2v) is 3.39. The predicted octanol–water partition coefficient (Wildman–Crippen LogP) is 2.03. The van der Waals surface area contributed by atoms with E-state index < -0.39 is 0 Å². The minimum absolute atomic E-state index is 0.0276. The van der Waals surface area contributed by atoms with Crippen LogP contribution in [-0.2, 0) is 0 Å². The van der Waals surface area contributed by atoms with Gasteiger partial charge in [-0.2, -0.15) is 0 Å². The van der Waals surface area contributed by atoms with Gasteiger partial charge in [0.05, 0.1) is 0 Å². The van der Waals surface area contributed by atoms with Crippen LogP contribution in [-0.4, -0.2) is 18.2 Å². The molecule has 3 nitrogen and oxygen atoms in total. The summed E-state index contributed by atoms with van der Waals surface area (Å²) in [5.41, 5.74) is 1.11. The van der Waals surface area contributed by atoms with Gasteiger partial charge in [-0.3, -0.25) is 9.59 Å². The first kappa shape index (κ1) is 11.4. The van der Waals surface area contributed by atoms with Crippen LogP contribution in [0.15, 0.2) is 24.3 Å². The molecule has 0 saturated carbocycles. The zero-order chi connectivity index (χ0) is 11.3. The quantitative estimate of drug-likeness (QED) is 0.764. The number of hydrogen-bond donors (Lipinski definition) is 1. The molecule has 1 aromatic rings. The van der Waals surface area contributed by atoms with Crippen LogP contribution < -0.4 is 5.32 Å². The smallest absolute Gasteiger partial charge is 0.251 e. The van der Waals surface area contributed by atoms with Crippen LogP contribution in [0, 0.1) is 0 Å². The van der Waals surface area contributed by atoms with Crippen LogP contribution in [0.3, 0.4) is 0 Å². The molecule has 0 bridgehead atoms. The Bertz CT molecular complexity index is 372. The average molecular weight is 205 g/mol. The second-order valence-electron chi connectivity index (χ2n) is 3.39. The van der Waals surface area contributed by atoms with E-state index in [1.165, 1.54) is 6.92 Å². The number of amides is 1. The number of carbonyl (C=O) groups excluding carboxylic acids is 2. The third kappa shape index (κ3) is 3.20. The summed E-state index contributed by atoms with van der Waals surface area (Å²) < 4.78 is 0. The van der Waals surface area contributed by atoms with E-state index in [-0.39, 0.29) is 11.7 Å². The molecule has 1 aromatic carbocycles. The summed E-state index contributed by atoms with van der Waals surface area (Å²) in [6, 6.07) is 6.75. The molecule has 0 atom stereocenters. The number of hydrogen-bond acceptors (Lipinski definition) is 2. The monoisotopic (exact) mass is 205 g/mol. The summed E-state index contributed by atoms with van der Waals surface area (Å²) in [5.74, 6) is -0.153. The number of benzene rings is 1. The molecule has 0 heterocycles. The molecule has 0 aliphatic rings. The van der Waals surface area contributed by atoms with Gasteiger partial charge >= 0.3 is 0 Å². The van der Waals surface area contributed by atoms with E-state index in [1.807, 2.05) is 6.92 Å². The minimum Gasteiger partial charge on any atom is -0.352 e. The Morgan fingerprint density at radius 1 is 1.27 bits per heavy atom. The molecule has 1 amide bonds. The van der Waals surface area contributed by atoms with Crippen molar-refractivity contribution in [3.8, 4) is 0 Å². The SMILES string of the molecule is CCCNC(=O)c1cccc(C(C)=O)c1. The van der Waals surface area contributed by atoms with Crippen molar-refractivity contribution in [2.24, 2.45) is 0 Å². The maximum absolute atomic E-state index is 11.6. The highest BCUT2D eigenvalue weighted by Gasteiger charge is 2.06. The second kappa shape index (κ2) is 5.29. The van der Waals surface area contributed by atoms with Crippen molar-refractivity contribution in [2.75, 3.05) is 6.54 Å². The molecule has 0 unspecified atom stereocenters. The Hall–Kier alpha value is -1.64. The van der Waals surface area contributed by atoms with Gasteiger partial charge in [0.25, 0.3) is 5.91 Å². The van der Waals surface area contributed by atoms with E-state index in [1.54, 1.807) is 24.3 Å². The first-order valence-corrected chi connectivity index (χ1v) is 5.04. The topological polar surface area (TPSA) is 46.2 Å². The van der Waals surface area contributed by atoms with Crippen LogP contribution in [0.4, 0.5) is 0 Å². The van der Waals surface area contributed by atoms with E-state index in [2.05, 4.69) is 5.32 Å². The number of nitrogens with one attached hydrogen (secondary N) is 1. The summed E-state index contributed by atoms with van der Waals surface area (Å²) >= 11 is 0. The summed E-state index contributed by atoms with van der Waals surface area (Å²) in [6.45, 7) is 4.14. The molecule has 0 fully saturated rings. The van der Waals surface area contributed by atoms with E-state index in [0.29, 0.717) is 17.7 Å². The molecule has 1 rings (SSSR count). The third-order valence-corrected chi connectivity index (χ3v) is 2.07. The van der Waals surface area contributed by atoms with Gasteiger partial charge in [0.1, 0.15) is 0 Å². The van der Waals surface area contributed by atoms with Crippen molar-refractivity contribution in [1.29, 1.82) is 0 Å². The first-order chi connectivity index (χ1) is 7.15. The lowest BCUT2D eigenvalue weighted by Crippen LogP contribution is -2.24. The van der Waals surface area contributed by atoms with E-state index in [9.17, 15) is 9.59 Å². The summed E-state index contributed by atoms with van der Waals surface area (Å²) in [4.78, 5) is 22.7. The van der Waals surface area contributed by atoms with Crippen molar-refractivity contribution in [3.05, 3.63) is 35.4 Å². The van der Waals surface area contributed by atoms with Crippen molar-refractivity contribution in [2.45, 2.75) is 20.3 Å². The largest absolute Gasteiger partial charge is 0.352 e. The molecule has 0 aliphatic heterocycles. The zero-order valence-electron chi connectivity index (χ0n) is 9.04. The molecule has 80 valence electrons. The van der Waals surface area contributed by atoms with E-state index in [4.69, 9.17) is 0 Å². The van der Waals surface area contributed by atoms with Crippen LogP contribution in [0.5, 0.6) is 0 Å². The summed E-state index contributed by atoms with van der Waals surface area (Å²) in [5, 5.41) is 2.76. The maximum atomic E-state index is 11.6. The lowest BCUT2D eigenvalue weighted by Gasteiger charge is -2.04. The fourth-order valence-corrected chi connectivity index (χ4v) is 1.22. The molecule has 3 heteroatoms. The number of ketones is 1. The Morgan fingerprint density at radius 2 is 1.93 bits per heavy atom. The fraction of sp³-hybridized carbons (Fsp3) is 0.333. The lowest BCUT2D eigenvalue weighted by atomic mass is 10.1. The third-order valence-electron chi connectivity index (χ3n) is 2.07. The highest BCUT2D eigenvalue weighted by molar-refractivity contribution is 5.99. The van der Waals surface area contributed by atoms with Crippen LogP contribution in [0.2, 0.25) is 0 Å². The number of Topliss-reactive ketones (excluding diaryl/α,β-unsaturated/α-hetero) is 1. The molecule has 0 aromatic heterocycles. The molecule has 0 saturated heterocycles. The Labute approximate surface area is 89.5 Å². The van der Waals surface area contributed by atoms with Crippen LogP contribution in [0.25, 0.3) is 0 Å². The van der Waals surface area contributed by atoms with Crippen molar-refractivity contribution in [1.82, 2.24) is 5.32 Å². The first-order valence-electron chi connectivity index (χ1n) is 5.04. The zero-order valence-corrected chi connectivity index (χ0v) is 9.04. The standard InChI is InChI=1S/C12H15NO2/c1-3-7-13-12(15)11-6-4-5-10(8-11)9(2)14/h4-6,8H,3,7H2,1-2H3,(H,13,15). The number of rotatable bonds is 4. The van der Waals surface area contributed by atoms with Gasteiger partial charge in [0.15, 0.2) is 5.78 Å². The van der Waals surface area contributed by atoms with Crippen molar-refractivity contribution in [3.63, 3.8) is 0 Å². The lowest BCUT2D eigenvalue weighted by molar-refractivity contribution is 0.0953. The predicted molar refractivity (Wildman–Crippen MR) is 59.1 cm³/mol. The molecule has 1 N–H and O–H groups in total. The molecule has 0 radical (unpaired) electrons. The molecule has 0 aliphatic carbocycles. The van der Waals surface area contributed by atoms with Crippen molar-refractivity contribution >= 4 is 11.7 Å². The molecule has 15 heavy (non-hydrogen) atoms. The Morgan fingerprint density at radius 3 is 2.53 bits per heavy atom. The van der Waals surface area contributed by atoms with E-state index in [0.717, 1.165) is 6.42 Å². The van der Waals surface area contributed by atoms with Gasteiger partial charge in [0, 0.05) is 17.7 Å². The average Bonchev–Trinajstić information content (AvgIpc) is 2.26. The summed E-state index contributed by atoms with van der Waals surface area (Å²) in [6.07, 6.45) is 0.901. The van der Waals surface area contributed by atoms with Crippen LogP contribution in [0.1, 0.15) is 41.0 Å². The van der Waals surface area contributed by atoms with Gasteiger partial charge in [-0.25, -0.2) is 0 Å². The fourth-order valence-electron chi connectivity index (χ4n) is 1.22. The van der Waals surface area contributed by atoms with Gasteiger partial charge in [0.2, 0.25) is 0 Å². The maximum Gasteiger partial charge on any atom is 0.251 e. The Kier molecular flexibility index (Phi) is 4.03. The highest BCUT2D eigenvalue weighted by atomic mass is 16.1. The van der Waals surface area contributed by atoms with Gasteiger partial charge in [-0.1, -0.05) is 19.1 Å². The van der Waals surface area contributed by atoms with Gasteiger partial charge < -0.3 is 5.32 Å². The molecular formula is C12H15NO2. The Balaban J connectivity index is 2.81. The van der Waals surface area contributed by atoms with Gasteiger partial charge in [-0.15, -0.1) is 0 Å². The number of carbonyl (C=O) groups is 2. The summed E-state index contributed by atoms with van der Waals surface area (Å²) in [7, 11) is 0. The molecular weight excluding hydrogens is 190 g/mol. The molecule has 0 spiro atoms. The van der Waals surface area contributed by atoms with Crippen LogP contribution >= 0.6 is 0 Å².